The van der Waals surface area contributed by atoms with Gasteiger partial charge in [-0.05, 0) is 25.1 Å². The summed E-state index contributed by atoms with van der Waals surface area (Å²) in [7, 11) is 0. The third-order valence-corrected chi connectivity index (χ3v) is 4.93. The van der Waals surface area contributed by atoms with Gasteiger partial charge in [0, 0.05) is 25.1 Å². The van der Waals surface area contributed by atoms with Crippen LogP contribution in [0.1, 0.15) is 30.8 Å². The Bertz CT molecular complexity index is 1010. The molecular formula is C20H21FN6O2. The van der Waals surface area contributed by atoms with Crippen molar-refractivity contribution in [1.29, 1.82) is 0 Å². The van der Waals surface area contributed by atoms with Crippen molar-refractivity contribution in [3.63, 3.8) is 0 Å². The highest BCUT2D eigenvalue weighted by Gasteiger charge is 2.29. The highest BCUT2D eigenvalue weighted by Crippen LogP contribution is 2.31. The van der Waals surface area contributed by atoms with Crippen molar-refractivity contribution in [3.05, 3.63) is 54.2 Å². The largest absolute Gasteiger partial charge is 0.339 e. The molecule has 1 fully saturated rings. The molecule has 1 aliphatic rings. The number of amides is 1. The Labute approximate surface area is 167 Å². The van der Waals surface area contributed by atoms with E-state index in [0.717, 1.165) is 24.2 Å². The summed E-state index contributed by atoms with van der Waals surface area (Å²) >= 11 is 0. The molecule has 0 saturated carbocycles. The van der Waals surface area contributed by atoms with E-state index in [9.17, 15) is 9.18 Å². The van der Waals surface area contributed by atoms with E-state index in [1.807, 2.05) is 11.8 Å². The molecule has 4 rings (SSSR count). The summed E-state index contributed by atoms with van der Waals surface area (Å²) in [5.74, 6) is 0.473. The van der Waals surface area contributed by atoms with Gasteiger partial charge in [0.1, 0.15) is 12.1 Å². The van der Waals surface area contributed by atoms with Gasteiger partial charge in [-0.3, -0.25) is 9.69 Å². The fourth-order valence-electron chi connectivity index (χ4n) is 3.50. The second kappa shape index (κ2) is 8.44. The molecule has 8 nitrogen and oxygen atoms in total. The summed E-state index contributed by atoms with van der Waals surface area (Å²) in [5, 5.41) is 6.66. The van der Waals surface area contributed by atoms with Gasteiger partial charge in [0.05, 0.1) is 23.5 Å². The highest BCUT2D eigenvalue weighted by atomic mass is 19.1. The van der Waals surface area contributed by atoms with E-state index < -0.39 is 5.82 Å². The van der Waals surface area contributed by atoms with Crippen molar-refractivity contribution in [2.75, 3.05) is 25.0 Å². The number of carbonyl (C=O) groups is 1. The Hall–Kier alpha value is -3.20. The van der Waals surface area contributed by atoms with Crippen LogP contribution in [0.5, 0.6) is 0 Å². The zero-order valence-electron chi connectivity index (χ0n) is 16.0. The van der Waals surface area contributed by atoms with Crippen LogP contribution < -0.4 is 5.32 Å². The molecule has 3 aromatic rings. The Morgan fingerprint density at radius 3 is 3.03 bits per heavy atom. The first-order chi connectivity index (χ1) is 14.1. The van der Waals surface area contributed by atoms with Crippen LogP contribution in [-0.2, 0) is 11.2 Å². The first-order valence-corrected chi connectivity index (χ1v) is 9.53. The molecule has 0 aliphatic carbocycles. The molecule has 0 radical (unpaired) electrons. The molecule has 0 bridgehead atoms. The summed E-state index contributed by atoms with van der Waals surface area (Å²) < 4.78 is 18.9. The van der Waals surface area contributed by atoms with Gasteiger partial charge in [-0.1, -0.05) is 24.2 Å². The smallest absolute Gasteiger partial charge is 0.238 e. The topological polar surface area (TPSA) is 97.0 Å². The molecule has 1 aliphatic heterocycles. The normalized spacial score (nSPS) is 16.8. The molecule has 3 heterocycles. The molecule has 0 spiro atoms. The molecule has 0 unspecified atom stereocenters. The van der Waals surface area contributed by atoms with Crippen LogP contribution in [0.25, 0.3) is 11.4 Å². The lowest BCUT2D eigenvalue weighted by Crippen LogP contribution is -2.31. The minimum Gasteiger partial charge on any atom is -0.339 e. The van der Waals surface area contributed by atoms with Crippen molar-refractivity contribution in [3.8, 4) is 11.4 Å². The van der Waals surface area contributed by atoms with Crippen LogP contribution in [-0.4, -0.2) is 50.5 Å². The zero-order valence-corrected chi connectivity index (χ0v) is 16.0. The molecule has 2 aromatic heterocycles. The van der Waals surface area contributed by atoms with Crippen LogP contribution >= 0.6 is 0 Å². The van der Waals surface area contributed by atoms with Gasteiger partial charge in [0.15, 0.2) is 0 Å². The van der Waals surface area contributed by atoms with Crippen molar-refractivity contribution in [1.82, 2.24) is 25.0 Å². The third kappa shape index (κ3) is 4.29. The van der Waals surface area contributed by atoms with Crippen LogP contribution in [0.3, 0.4) is 0 Å². The molecule has 29 heavy (non-hydrogen) atoms. The molecule has 150 valence electrons. The standard InChI is InChI=1S/C20H21FN6O2/c1-2-18-25-20(26-29-18)14-9-22-12-23-19(14)13-7-8-27(10-13)11-17(28)24-16-6-4-3-5-15(16)21/h3-6,9,12-13H,2,7-8,10-11H2,1H3,(H,24,28)/t13-/m0/s1. The van der Waals surface area contributed by atoms with E-state index in [0.29, 0.717) is 24.7 Å². The van der Waals surface area contributed by atoms with Crippen molar-refractivity contribution in [2.24, 2.45) is 0 Å². The SMILES string of the molecule is CCc1nc(-c2cncnc2[C@H]2CCN(CC(=O)Nc3ccccc3F)C2)no1. The fourth-order valence-corrected chi connectivity index (χ4v) is 3.50. The maximum atomic E-state index is 13.7. The van der Waals surface area contributed by atoms with Crippen LogP contribution in [0.15, 0.2) is 41.3 Å². The summed E-state index contributed by atoms with van der Waals surface area (Å²) in [6.07, 6.45) is 4.70. The number of likely N-dealkylation sites (tertiary alicyclic amines) is 1. The summed E-state index contributed by atoms with van der Waals surface area (Å²) in [4.78, 5) is 27.3. The number of rotatable bonds is 6. The molecule has 1 N–H and O–H groups in total. The Morgan fingerprint density at radius 1 is 1.38 bits per heavy atom. The predicted octanol–water partition coefficient (Wildman–Crippen LogP) is 2.66. The summed E-state index contributed by atoms with van der Waals surface area (Å²) in [6.45, 7) is 3.53. The molecule has 1 atom stereocenters. The van der Waals surface area contributed by atoms with E-state index >= 15 is 0 Å². The number of benzene rings is 1. The molecule has 9 heteroatoms. The lowest BCUT2D eigenvalue weighted by atomic mass is 10.00. The van der Waals surface area contributed by atoms with Crippen LogP contribution in [0.2, 0.25) is 0 Å². The number of hydrogen-bond acceptors (Lipinski definition) is 7. The maximum absolute atomic E-state index is 13.7. The number of halogens is 1. The van der Waals surface area contributed by atoms with Gasteiger partial charge in [-0.2, -0.15) is 4.98 Å². The number of nitrogens with one attached hydrogen (secondary N) is 1. The Kier molecular flexibility index (Phi) is 5.57. The van der Waals surface area contributed by atoms with Gasteiger partial charge in [-0.25, -0.2) is 14.4 Å². The predicted molar refractivity (Wildman–Crippen MR) is 104 cm³/mol. The van der Waals surface area contributed by atoms with Crippen molar-refractivity contribution < 1.29 is 13.7 Å². The quantitative estimate of drug-likeness (QED) is 0.684. The zero-order chi connectivity index (χ0) is 20.2. The van der Waals surface area contributed by atoms with E-state index in [2.05, 4.69) is 25.4 Å². The van der Waals surface area contributed by atoms with Gasteiger partial charge < -0.3 is 9.84 Å². The van der Waals surface area contributed by atoms with E-state index in [1.165, 1.54) is 12.4 Å². The average molecular weight is 396 g/mol. The van der Waals surface area contributed by atoms with Crippen LogP contribution in [0, 0.1) is 5.82 Å². The molecule has 1 aromatic carbocycles. The molecular weight excluding hydrogens is 375 g/mol. The number of hydrogen-bond donors (Lipinski definition) is 1. The third-order valence-electron chi connectivity index (χ3n) is 4.93. The monoisotopic (exact) mass is 396 g/mol. The number of aromatic nitrogens is 4. The van der Waals surface area contributed by atoms with Gasteiger partial charge in [0.25, 0.3) is 0 Å². The van der Waals surface area contributed by atoms with Gasteiger partial charge >= 0.3 is 0 Å². The maximum Gasteiger partial charge on any atom is 0.238 e. The number of aryl methyl sites for hydroxylation is 1. The van der Waals surface area contributed by atoms with Crippen molar-refractivity contribution >= 4 is 11.6 Å². The lowest BCUT2D eigenvalue weighted by molar-refractivity contribution is -0.117. The number of nitrogens with zero attached hydrogens (tertiary/aromatic N) is 5. The first-order valence-electron chi connectivity index (χ1n) is 9.53. The van der Waals surface area contributed by atoms with Crippen LogP contribution in [0.4, 0.5) is 10.1 Å². The Balaban J connectivity index is 1.42. The number of para-hydroxylation sites is 1. The fraction of sp³-hybridized carbons (Fsp3) is 0.350. The minimum absolute atomic E-state index is 0.123. The number of carbonyl (C=O) groups excluding carboxylic acids is 1. The highest BCUT2D eigenvalue weighted by molar-refractivity contribution is 5.92. The van der Waals surface area contributed by atoms with E-state index in [1.54, 1.807) is 24.4 Å². The first kappa shape index (κ1) is 19.1. The number of anilines is 1. The lowest BCUT2D eigenvalue weighted by Gasteiger charge is -2.16. The average Bonchev–Trinajstić information content (AvgIpc) is 3.39. The Morgan fingerprint density at radius 2 is 2.24 bits per heavy atom. The van der Waals surface area contributed by atoms with E-state index in [4.69, 9.17) is 4.52 Å². The van der Waals surface area contributed by atoms with Crippen molar-refractivity contribution in [2.45, 2.75) is 25.7 Å². The molecule has 1 amide bonds. The summed E-state index contributed by atoms with van der Waals surface area (Å²) in [6, 6.07) is 6.13. The minimum atomic E-state index is -0.447. The second-order valence-electron chi connectivity index (χ2n) is 6.94. The second-order valence-corrected chi connectivity index (χ2v) is 6.94. The van der Waals surface area contributed by atoms with Gasteiger partial charge in [0.2, 0.25) is 17.6 Å². The molecule has 1 saturated heterocycles. The summed E-state index contributed by atoms with van der Waals surface area (Å²) in [5.41, 5.74) is 1.79. The van der Waals surface area contributed by atoms with E-state index in [-0.39, 0.29) is 24.1 Å². The van der Waals surface area contributed by atoms with Gasteiger partial charge in [-0.15, -0.1) is 0 Å².